The van der Waals surface area contributed by atoms with E-state index in [1.807, 2.05) is 0 Å². The molecule has 0 bridgehead atoms. The maximum atomic E-state index is 13.1. The van der Waals surface area contributed by atoms with Crippen molar-refractivity contribution in [1.29, 1.82) is 0 Å². The molecule has 0 aliphatic carbocycles. The predicted octanol–water partition coefficient (Wildman–Crippen LogP) is 1.57. The van der Waals surface area contributed by atoms with Crippen molar-refractivity contribution >= 4 is 11.6 Å². The summed E-state index contributed by atoms with van der Waals surface area (Å²) >= 11 is 0. The monoisotopic (exact) mass is 265 g/mol. The Kier molecular flexibility index (Phi) is 4.04. The van der Waals surface area contributed by atoms with Crippen LogP contribution >= 0.6 is 0 Å². The van der Waals surface area contributed by atoms with Crippen molar-refractivity contribution in [3.8, 4) is 0 Å². The second-order valence-corrected chi connectivity index (χ2v) is 5.16. The van der Waals surface area contributed by atoms with Crippen LogP contribution in [0.2, 0.25) is 0 Å². The molecule has 0 saturated carbocycles. The summed E-state index contributed by atoms with van der Waals surface area (Å²) in [6.07, 6.45) is 0. The number of nitrogen functional groups attached to an aromatic ring is 1. The Morgan fingerprint density at radius 2 is 1.89 bits per heavy atom. The summed E-state index contributed by atoms with van der Waals surface area (Å²) in [5.41, 5.74) is 5.97. The molecular formula is C14H20FN3O. The average molecular weight is 265 g/mol. The van der Waals surface area contributed by atoms with Crippen LogP contribution in [0, 0.1) is 5.82 Å². The number of carbonyl (C=O) groups excluding carboxylic acids is 1. The molecule has 1 aromatic rings. The van der Waals surface area contributed by atoms with E-state index >= 15 is 0 Å². The first-order valence-corrected chi connectivity index (χ1v) is 6.57. The molecule has 1 amide bonds. The van der Waals surface area contributed by atoms with Crippen LogP contribution in [0.3, 0.4) is 0 Å². The standard InChI is InChI=1S/C14H20FN3O/c1-10(2)17-5-7-18(8-6-17)14(19)11-3-4-12(15)13(16)9-11/h3-4,9-10H,5-8,16H2,1-2H3. The number of nitrogens with two attached hydrogens (primary N) is 1. The van der Waals surface area contributed by atoms with Crippen LogP contribution in [0.15, 0.2) is 18.2 Å². The Labute approximate surface area is 113 Å². The van der Waals surface area contributed by atoms with E-state index in [2.05, 4.69) is 18.7 Å². The molecule has 1 aliphatic heterocycles. The van der Waals surface area contributed by atoms with Gasteiger partial charge in [-0.1, -0.05) is 0 Å². The first-order valence-electron chi connectivity index (χ1n) is 6.57. The van der Waals surface area contributed by atoms with Crippen LogP contribution in [0.1, 0.15) is 24.2 Å². The van der Waals surface area contributed by atoms with Crippen molar-refractivity contribution in [1.82, 2.24) is 9.80 Å². The quantitative estimate of drug-likeness (QED) is 0.826. The molecule has 0 spiro atoms. The third-order valence-corrected chi connectivity index (χ3v) is 3.57. The third-order valence-electron chi connectivity index (χ3n) is 3.57. The molecule has 1 heterocycles. The van der Waals surface area contributed by atoms with Crippen LogP contribution in [-0.2, 0) is 0 Å². The van der Waals surface area contributed by atoms with E-state index < -0.39 is 5.82 Å². The number of halogens is 1. The molecule has 0 aromatic heterocycles. The van der Waals surface area contributed by atoms with E-state index in [1.54, 1.807) is 4.90 Å². The van der Waals surface area contributed by atoms with E-state index in [0.29, 0.717) is 24.7 Å². The van der Waals surface area contributed by atoms with Gasteiger partial charge in [0.25, 0.3) is 5.91 Å². The average Bonchev–Trinajstić information content (AvgIpc) is 2.41. The lowest BCUT2D eigenvalue weighted by molar-refractivity contribution is 0.0595. The van der Waals surface area contributed by atoms with E-state index in [1.165, 1.54) is 18.2 Å². The van der Waals surface area contributed by atoms with Crippen molar-refractivity contribution in [2.45, 2.75) is 19.9 Å². The number of piperazine rings is 1. The first kappa shape index (κ1) is 13.8. The van der Waals surface area contributed by atoms with Crippen LogP contribution in [0.25, 0.3) is 0 Å². The minimum absolute atomic E-state index is 0.0201. The lowest BCUT2D eigenvalue weighted by Crippen LogP contribution is -2.50. The van der Waals surface area contributed by atoms with Crippen LogP contribution in [-0.4, -0.2) is 47.9 Å². The Balaban J connectivity index is 2.03. The zero-order valence-electron chi connectivity index (χ0n) is 11.4. The molecule has 2 rings (SSSR count). The summed E-state index contributed by atoms with van der Waals surface area (Å²) < 4.78 is 13.1. The number of rotatable bonds is 2. The highest BCUT2D eigenvalue weighted by molar-refractivity contribution is 5.95. The van der Waals surface area contributed by atoms with Gasteiger partial charge in [0, 0.05) is 37.8 Å². The van der Waals surface area contributed by atoms with Gasteiger partial charge in [0.15, 0.2) is 0 Å². The van der Waals surface area contributed by atoms with Crippen LogP contribution in [0.5, 0.6) is 0 Å². The second-order valence-electron chi connectivity index (χ2n) is 5.16. The first-order chi connectivity index (χ1) is 8.99. The second kappa shape index (κ2) is 5.57. The number of carbonyl (C=O) groups is 1. The molecule has 1 fully saturated rings. The normalized spacial score (nSPS) is 16.9. The summed E-state index contributed by atoms with van der Waals surface area (Å²) in [5, 5.41) is 0. The third kappa shape index (κ3) is 3.04. The van der Waals surface area contributed by atoms with Crippen molar-refractivity contribution in [2.75, 3.05) is 31.9 Å². The number of benzene rings is 1. The highest BCUT2D eigenvalue weighted by Gasteiger charge is 2.23. The van der Waals surface area contributed by atoms with E-state index in [4.69, 9.17) is 5.73 Å². The minimum Gasteiger partial charge on any atom is -0.396 e. The molecule has 2 N–H and O–H groups in total. The number of nitrogens with zero attached hydrogens (tertiary/aromatic N) is 2. The fourth-order valence-corrected chi connectivity index (χ4v) is 2.30. The topological polar surface area (TPSA) is 49.6 Å². The lowest BCUT2D eigenvalue weighted by atomic mass is 10.1. The van der Waals surface area contributed by atoms with Gasteiger partial charge in [0.1, 0.15) is 5.82 Å². The number of hydrogen-bond donors (Lipinski definition) is 1. The Morgan fingerprint density at radius 1 is 1.26 bits per heavy atom. The number of hydrogen-bond acceptors (Lipinski definition) is 3. The van der Waals surface area contributed by atoms with Crippen molar-refractivity contribution < 1.29 is 9.18 Å². The molecule has 1 aromatic carbocycles. The summed E-state index contributed by atoms with van der Waals surface area (Å²) in [4.78, 5) is 16.4. The fraction of sp³-hybridized carbons (Fsp3) is 0.500. The zero-order valence-corrected chi connectivity index (χ0v) is 11.4. The van der Waals surface area contributed by atoms with Crippen molar-refractivity contribution in [3.63, 3.8) is 0 Å². The van der Waals surface area contributed by atoms with Crippen LogP contribution in [0.4, 0.5) is 10.1 Å². The smallest absolute Gasteiger partial charge is 0.254 e. The van der Waals surface area contributed by atoms with Gasteiger partial charge < -0.3 is 10.6 Å². The molecule has 104 valence electrons. The lowest BCUT2D eigenvalue weighted by Gasteiger charge is -2.37. The molecule has 5 heteroatoms. The van der Waals surface area contributed by atoms with Gasteiger partial charge in [-0.3, -0.25) is 9.69 Å². The van der Waals surface area contributed by atoms with E-state index in [-0.39, 0.29) is 11.6 Å². The molecular weight excluding hydrogens is 245 g/mol. The van der Waals surface area contributed by atoms with Crippen molar-refractivity contribution in [2.24, 2.45) is 0 Å². The Hall–Kier alpha value is -1.62. The molecule has 0 unspecified atom stereocenters. The maximum Gasteiger partial charge on any atom is 0.254 e. The molecule has 0 atom stereocenters. The van der Waals surface area contributed by atoms with Gasteiger partial charge in [0.05, 0.1) is 5.69 Å². The Bertz CT molecular complexity index is 468. The fourth-order valence-electron chi connectivity index (χ4n) is 2.30. The maximum absolute atomic E-state index is 13.1. The summed E-state index contributed by atoms with van der Waals surface area (Å²) in [6, 6.07) is 4.64. The largest absolute Gasteiger partial charge is 0.396 e. The van der Waals surface area contributed by atoms with Crippen molar-refractivity contribution in [3.05, 3.63) is 29.6 Å². The van der Waals surface area contributed by atoms with E-state index in [0.717, 1.165) is 13.1 Å². The van der Waals surface area contributed by atoms with Gasteiger partial charge in [-0.05, 0) is 32.0 Å². The highest BCUT2D eigenvalue weighted by Crippen LogP contribution is 2.15. The van der Waals surface area contributed by atoms with Gasteiger partial charge >= 0.3 is 0 Å². The molecule has 1 aliphatic rings. The summed E-state index contributed by atoms with van der Waals surface area (Å²) in [6.45, 7) is 7.46. The van der Waals surface area contributed by atoms with E-state index in [9.17, 15) is 9.18 Å². The molecule has 4 nitrogen and oxygen atoms in total. The highest BCUT2D eigenvalue weighted by atomic mass is 19.1. The number of anilines is 1. The van der Waals surface area contributed by atoms with Gasteiger partial charge in [-0.15, -0.1) is 0 Å². The summed E-state index contributed by atoms with van der Waals surface area (Å²) in [5.74, 6) is -0.559. The zero-order chi connectivity index (χ0) is 14.0. The SMILES string of the molecule is CC(C)N1CCN(C(=O)c2ccc(F)c(N)c2)CC1. The van der Waals surface area contributed by atoms with Gasteiger partial charge in [0.2, 0.25) is 0 Å². The van der Waals surface area contributed by atoms with Crippen LogP contribution < -0.4 is 5.73 Å². The molecule has 1 saturated heterocycles. The molecule has 19 heavy (non-hydrogen) atoms. The van der Waals surface area contributed by atoms with Gasteiger partial charge in [-0.2, -0.15) is 0 Å². The van der Waals surface area contributed by atoms with Gasteiger partial charge in [-0.25, -0.2) is 4.39 Å². The summed E-state index contributed by atoms with van der Waals surface area (Å²) in [7, 11) is 0. The minimum atomic E-state index is -0.485. The molecule has 0 radical (unpaired) electrons. The Morgan fingerprint density at radius 3 is 2.42 bits per heavy atom. The number of amides is 1. The predicted molar refractivity (Wildman–Crippen MR) is 73.4 cm³/mol.